The second kappa shape index (κ2) is 9.84. The molecule has 0 unspecified atom stereocenters. The molecule has 3 heterocycles. The van der Waals surface area contributed by atoms with Gasteiger partial charge in [-0.2, -0.15) is 13.2 Å². The minimum Gasteiger partial charge on any atom is -0.493 e. The van der Waals surface area contributed by atoms with Crippen molar-refractivity contribution >= 4 is 26.5 Å². The average Bonchev–Trinajstić information content (AvgIpc) is 3.35. The molecular weight excluding hydrogens is 537 g/mol. The minimum absolute atomic E-state index is 0.0730. The fourth-order valence-electron chi connectivity index (χ4n) is 5.03. The Bertz CT molecular complexity index is 1370. The lowest BCUT2D eigenvalue weighted by Gasteiger charge is -2.46. The van der Waals surface area contributed by atoms with Gasteiger partial charge in [0.25, 0.3) is 10.0 Å². The second-order valence-electron chi connectivity index (χ2n) is 8.98. The maximum Gasteiger partial charge on any atom is 0.391 e. The molecule has 0 radical (unpaired) electrons. The number of alkyl halides is 3. The van der Waals surface area contributed by atoms with Crippen LogP contribution in [0.2, 0.25) is 0 Å². The first-order chi connectivity index (χ1) is 17.5. The van der Waals surface area contributed by atoms with Crippen LogP contribution < -0.4 is 9.46 Å². The lowest BCUT2D eigenvalue weighted by Crippen LogP contribution is -2.44. The molecule has 6 nitrogen and oxygen atoms in total. The van der Waals surface area contributed by atoms with Gasteiger partial charge in [-0.05, 0) is 43.1 Å². The fraction of sp³-hybridized carbons (Fsp3) is 0.375. The van der Waals surface area contributed by atoms with Gasteiger partial charge < -0.3 is 4.74 Å². The maximum absolute atomic E-state index is 15.2. The highest BCUT2D eigenvalue weighted by Gasteiger charge is 2.46. The van der Waals surface area contributed by atoms with E-state index < -0.39 is 50.7 Å². The Hall–Kier alpha value is -2.77. The Kier molecular flexibility index (Phi) is 6.88. The van der Waals surface area contributed by atoms with Gasteiger partial charge >= 0.3 is 6.18 Å². The van der Waals surface area contributed by atoms with Crippen LogP contribution in [-0.2, 0) is 10.0 Å². The highest BCUT2D eigenvalue weighted by atomic mass is 32.2. The molecule has 3 aromatic rings. The van der Waals surface area contributed by atoms with Crippen molar-refractivity contribution < 1.29 is 35.1 Å². The molecule has 3 atom stereocenters. The van der Waals surface area contributed by atoms with Gasteiger partial charge in [0, 0.05) is 41.7 Å². The smallest absolute Gasteiger partial charge is 0.391 e. The molecule has 2 aliphatic heterocycles. The summed E-state index contributed by atoms with van der Waals surface area (Å²) in [4.78, 5) is 5.09. The van der Waals surface area contributed by atoms with Gasteiger partial charge in [-0.15, -0.1) is 11.3 Å². The molecule has 13 heteroatoms. The largest absolute Gasteiger partial charge is 0.493 e. The van der Waals surface area contributed by atoms with Crippen molar-refractivity contribution in [1.29, 1.82) is 0 Å². The molecule has 0 aliphatic carbocycles. The summed E-state index contributed by atoms with van der Waals surface area (Å²) in [7, 11) is -4.30. The van der Waals surface area contributed by atoms with Crippen LogP contribution in [0.15, 0.2) is 52.9 Å². The third kappa shape index (κ3) is 5.30. The van der Waals surface area contributed by atoms with Gasteiger partial charge in [-0.25, -0.2) is 22.2 Å². The van der Waals surface area contributed by atoms with E-state index in [1.165, 1.54) is 30.5 Å². The number of fused-ring (bicyclic) bond motifs is 1. The van der Waals surface area contributed by atoms with E-state index in [1.54, 1.807) is 5.38 Å². The van der Waals surface area contributed by atoms with Crippen molar-refractivity contribution in [2.24, 2.45) is 5.92 Å². The third-order valence-electron chi connectivity index (χ3n) is 6.78. The van der Waals surface area contributed by atoms with E-state index in [2.05, 4.69) is 9.71 Å². The molecule has 0 amide bonds. The van der Waals surface area contributed by atoms with Crippen molar-refractivity contribution in [3.8, 4) is 5.75 Å². The number of rotatable bonds is 5. The monoisotopic (exact) mass is 559 g/mol. The third-order valence-corrected chi connectivity index (χ3v) is 8.95. The summed E-state index contributed by atoms with van der Waals surface area (Å²) in [5.74, 6) is -2.90. The summed E-state index contributed by atoms with van der Waals surface area (Å²) in [5, 5.41) is 1.64. The van der Waals surface area contributed by atoms with Gasteiger partial charge in [-0.3, -0.25) is 9.62 Å². The van der Waals surface area contributed by atoms with Crippen LogP contribution in [0.25, 0.3) is 0 Å². The van der Waals surface area contributed by atoms with Gasteiger partial charge in [-0.1, -0.05) is 12.1 Å². The number of thiazole rings is 1. The predicted octanol–water partition coefficient (Wildman–Crippen LogP) is 6.06. The lowest BCUT2D eigenvalue weighted by atomic mass is 9.84. The molecule has 1 fully saturated rings. The van der Waals surface area contributed by atoms with Gasteiger partial charge in [0.2, 0.25) is 0 Å². The summed E-state index contributed by atoms with van der Waals surface area (Å²) < 4.78 is 103. The molecule has 1 saturated heterocycles. The molecule has 37 heavy (non-hydrogen) atoms. The Morgan fingerprint density at radius 3 is 2.51 bits per heavy atom. The molecule has 1 N–H and O–H groups in total. The lowest BCUT2D eigenvalue weighted by molar-refractivity contribution is -0.192. The normalized spacial score (nSPS) is 22.8. The number of likely N-dealkylation sites (tertiary alicyclic amines) is 1. The predicted molar refractivity (Wildman–Crippen MR) is 127 cm³/mol. The first-order valence-electron chi connectivity index (χ1n) is 11.5. The summed E-state index contributed by atoms with van der Waals surface area (Å²) in [5.41, 5.74) is 0.880. The highest BCUT2D eigenvalue weighted by molar-refractivity contribution is 7.93. The maximum atomic E-state index is 15.2. The molecule has 0 saturated carbocycles. The number of hydrogen-bond acceptors (Lipinski definition) is 6. The van der Waals surface area contributed by atoms with Gasteiger partial charge in [0.05, 0.1) is 12.5 Å². The summed E-state index contributed by atoms with van der Waals surface area (Å²) in [6, 6.07) is 6.29. The zero-order chi connectivity index (χ0) is 26.4. The fourth-order valence-corrected chi connectivity index (χ4v) is 6.90. The number of aromatic nitrogens is 1. The molecule has 1 aromatic heterocycles. The molecule has 198 valence electrons. The van der Waals surface area contributed by atoms with Crippen LogP contribution in [0.5, 0.6) is 5.75 Å². The Morgan fingerprint density at radius 1 is 1.08 bits per heavy atom. The minimum atomic E-state index is -4.38. The molecular formula is C24H22F5N3O3S2. The Labute approximate surface area is 214 Å². The zero-order valence-electron chi connectivity index (χ0n) is 19.2. The standard InChI is InChI=1S/C24H22F5N3O3S2/c25-16-3-1-14(2-4-16)20-11-15(24(27,28)29)5-8-32(20)19-6-9-35-21-13-22(18(26)12-17(19)21)37(33,34)31-23-30-7-10-36-23/h1-4,7,10,12-13,15,19-20H,5-6,8-9,11H2,(H,30,31)/t15-,19+,20+/m0/s1. The number of nitrogens with one attached hydrogen (secondary N) is 1. The van der Waals surface area contributed by atoms with Crippen LogP contribution in [0.4, 0.5) is 27.1 Å². The van der Waals surface area contributed by atoms with E-state index in [9.17, 15) is 26.0 Å². The van der Waals surface area contributed by atoms with E-state index in [4.69, 9.17) is 4.74 Å². The van der Waals surface area contributed by atoms with Crippen molar-refractivity contribution in [2.45, 2.75) is 42.4 Å². The number of ether oxygens (including phenoxy) is 1. The van der Waals surface area contributed by atoms with E-state index >= 15 is 4.39 Å². The van der Waals surface area contributed by atoms with E-state index in [1.807, 2.05) is 4.90 Å². The topological polar surface area (TPSA) is 71.5 Å². The van der Waals surface area contributed by atoms with Crippen LogP contribution in [0.1, 0.15) is 42.5 Å². The van der Waals surface area contributed by atoms with Crippen molar-refractivity contribution in [2.75, 3.05) is 17.9 Å². The number of hydrogen-bond donors (Lipinski definition) is 1. The summed E-state index contributed by atoms with van der Waals surface area (Å²) in [6.45, 7) is 0.238. The second-order valence-corrected chi connectivity index (χ2v) is 11.5. The van der Waals surface area contributed by atoms with E-state index in [-0.39, 0.29) is 36.9 Å². The first kappa shape index (κ1) is 25.9. The SMILES string of the molecule is O=S(=O)(Nc1nccs1)c1cc2c(cc1F)[C@H](N1CC[C@H](C(F)(F)F)C[C@@H]1c1ccc(F)cc1)CCO2. The number of anilines is 1. The van der Waals surface area contributed by atoms with Gasteiger partial charge in [0.15, 0.2) is 5.13 Å². The van der Waals surface area contributed by atoms with Gasteiger partial charge in [0.1, 0.15) is 22.3 Å². The quantitative estimate of drug-likeness (QED) is 0.385. The molecule has 2 aliphatic rings. The van der Waals surface area contributed by atoms with Crippen molar-refractivity contribution in [3.63, 3.8) is 0 Å². The number of piperidine rings is 1. The zero-order valence-corrected chi connectivity index (χ0v) is 20.8. The van der Waals surface area contributed by atoms with Crippen LogP contribution >= 0.6 is 11.3 Å². The first-order valence-corrected chi connectivity index (χ1v) is 13.9. The summed E-state index contributed by atoms with van der Waals surface area (Å²) in [6.07, 6.45) is -2.98. The van der Waals surface area contributed by atoms with E-state index in [0.29, 0.717) is 17.5 Å². The number of halogens is 5. The van der Waals surface area contributed by atoms with Crippen LogP contribution in [-0.4, -0.2) is 37.6 Å². The van der Waals surface area contributed by atoms with Crippen LogP contribution in [0, 0.1) is 17.6 Å². The number of sulfonamides is 1. The molecule has 5 rings (SSSR count). The molecule has 2 aromatic carbocycles. The highest BCUT2D eigenvalue weighted by Crippen LogP contribution is 2.48. The average molecular weight is 560 g/mol. The van der Waals surface area contributed by atoms with Crippen molar-refractivity contribution in [3.05, 3.63) is 70.7 Å². The van der Waals surface area contributed by atoms with Crippen molar-refractivity contribution in [1.82, 2.24) is 9.88 Å². The number of benzene rings is 2. The van der Waals surface area contributed by atoms with E-state index in [0.717, 1.165) is 23.5 Å². The van der Waals surface area contributed by atoms with Crippen LogP contribution in [0.3, 0.4) is 0 Å². The molecule has 0 spiro atoms. The summed E-state index contributed by atoms with van der Waals surface area (Å²) >= 11 is 1.03. The Balaban J connectivity index is 1.50. The number of nitrogens with zero attached hydrogens (tertiary/aromatic N) is 2. The Morgan fingerprint density at radius 2 is 1.84 bits per heavy atom. The molecule has 0 bridgehead atoms.